The quantitative estimate of drug-likeness (QED) is 0.223. The molecule has 14 heteroatoms. The van der Waals surface area contributed by atoms with Crippen molar-refractivity contribution in [1.82, 2.24) is 14.9 Å². The Morgan fingerprint density at radius 3 is 2.59 bits per heavy atom. The average Bonchev–Trinajstić information content (AvgIpc) is 3.33. The SMILES string of the molecule is C/C(=C(\CCOP(=O)(O)O)SC(=O)c1ccc(-c2ccc(F)cc2)s1)N(C=O)Cc1cnc(C)nc1N. The second-order valence-electron chi connectivity index (χ2n) is 7.70. The number of aromatic nitrogens is 2. The Hall–Kier alpha value is -2.93. The van der Waals surface area contributed by atoms with Crippen LogP contribution in [0.25, 0.3) is 10.4 Å². The molecular formula is C23H24FN4O6PS2. The minimum Gasteiger partial charge on any atom is -0.383 e. The zero-order valence-corrected chi connectivity index (χ0v) is 22.4. The molecule has 0 fully saturated rings. The fourth-order valence-electron chi connectivity index (χ4n) is 3.16. The third-order valence-corrected chi connectivity index (χ3v) is 7.99. The summed E-state index contributed by atoms with van der Waals surface area (Å²) < 4.78 is 29.0. The van der Waals surface area contributed by atoms with E-state index in [9.17, 15) is 18.5 Å². The number of benzene rings is 1. The number of nitrogens with two attached hydrogens (primary N) is 1. The summed E-state index contributed by atoms with van der Waals surface area (Å²) in [5, 5.41) is -0.340. The van der Waals surface area contributed by atoms with E-state index in [1.165, 1.54) is 34.6 Å². The van der Waals surface area contributed by atoms with E-state index in [1.54, 1.807) is 38.1 Å². The predicted molar refractivity (Wildman–Crippen MR) is 140 cm³/mol. The number of anilines is 1. The number of thiophene rings is 1. The second-order valence-corrected chi connectivity index (χ2v) is 11.1. The number of phosphoric acid groups is 1. The Balaban J connectivity index is 1.86. The van der Waals surface area contributed by atoms with Gasteiger partial charge in [-0.25, -0.2) is 18.9 Å². The maximum absolute atomic E-state index is 13.2. The third kappa shape index (κ3) is 8.29. The molecule has 0 bridgehead atoms. The third-order valence-electron chi connectivity index (χ3n) is 5.06. The Morgan fingerprint density at radius 2 is 1.97 bits per heavy atom. The van der Waals surface area contributed by atoms with Gasteiger partial charge in [0.25, 0.3) is 0 Å². The van der Waals surface area contributed by atoms with Gasteiger partial charge in [-0.05, 0) is 55.4 Å². The predicted octanol–water partition coefficient (Wildman–Crippen LogP) is 4.50. The molecule has 0 aliphatic carbocycles. The molecule has 0 radical (unpaired) electrons. The first-order valence-electron chi connectivity index (χ1n) is 10.7. The van der Waals surface area contributed by atoms with Gasteiger partial charge in [0, 0.05) is 33.7 Å². The molecule has 0 saturated heterocycles. The van der Waals surface area contributed by atoms with Crippen molar-refractivity contribution in [3.8, 4) is 10.4 Å². The van der Waals surface area contributed by atoms with Gasteiger partial charge in [-0.2, -0.15) is 0 Å². The van der Waals surface area contributed by atoms with E-state index in [0.29, 0.717) is 33.3 Å². The molecule has 0 unspecified atom stereocenters. The van der Waals surface area contributed by atoms with E-state index >= 15 is 0 Å². The van der Waals surface area contributed by atoms with E-state index in [2.05, 4.69) is 14.5 Å². The lowest BCUT2D eigenvalue weighted by molar-refractivity contribution is -0.116. The largest absolute Gasteiger partial charge is 0.469 e. The van der Waals surface area contributed by atoms with Gasteiger partial charge in [0.1, 0.15) is 17.5 Å². The normalized spacial score (nSPS) is 12.2. The molecule has 0 spiro atoms. The number of carbonyl (C=O) groups is 2. The molecule has 4 N–H and O–H groups in total. The van der Waals surface area contributed by atoms with E-state index in [4.69, 9.17) is 15.5 Å². The first-order valence-corrected chi connectivity index (χ1v) is 13.9. The van der Waals surface area contributed by atoms with Gasteiger partial charge in [0.2, 0.25) is 11.5 Å². The van der Waals surface area contributed by atoms with E-state index < -0.39 is 7.82 Å². The molecule has 3 rings (SSSR count). The summed E-state index contributed by atoms with van der Waals surface area (Å²) >= 11 is 2.04. The number of rotatable bonds is 11. The van der Waals surface area contributed by atoms with Crippen molar-refractivity contribution in [2.24, 2.45) is 0 Å². The molecule has 1 amide bonds. The van der Waals surface area contributed by atoms with Crippen LogP contribution in [-0.2, 0) is 20.4 Å². The summed E-state index contributed by atoms with van der Waals surface area (Å²) in [6.07, 6.45) is 2.01. The zero-order valence-electron chi connectivity index (χ0n) is 19.8. The second kappa shape index (κ2) is 12.5. The lowest BCUT2D eigenvalue weighted by Gasteiger charge is -2.22. The monoisotopic (exact) mass is 566 g/mol. The van der Waals surface area contributed by atoms with Crippen molar-refractivity contribution in [3.63, 3.8) is 0 Å². The van der Waals surface area contributed by atoms with Crippen molar-refractivity contribution in [2.45, 2.75) is 26.8 Å². The lowest BCUT2D eigenvalue weighted by atomic mass is 10.2. The van der Waals surface area contributed by atoms with Gasteiger partial charge in [-0.3, -0.25) is 14.1 Å². The number of aryl methyl sites for hydroxylation is 1. The summed E-state index contributed by atoms with van der Waals surface area (Å²) in [6, 6.07) is 9.27. The van der Waals surface area contributed by atoms with Crippen LogP contribution in [0.1, 0.15) is 34.4 Å². The Kier molecular flexibility index (Phi) is 9.71. The number of nitrogens with zero attached hydrogens (tertiary/aromatic N) is 3. The molecule has 10 nitrogen and oxygen atoms in total. The lowest BCUT2D eigenvalue weighted by Crippen LogP contribution is -2.22. The summed E-state index contributed by atoms with van der Waals surface area (Å²) in [5.41, 5.74) is 7.56. The molecule has 2 aromatic heterocycles. The number of nitrogen functional groups attached to an aromatic ring is 1. The van der Waals surface area contributed by atoms with Crippen LogP contribution in [0.5, 0.6) is 0 Å². The van der Waals surface area contributed by atoms with Gasteiger partial charge in [-0.15, -0.1) is 11.3 Å². The van der Waals surface area contributed by atoms with Crippen LogP contribution < -0.4 is 5.73 Å². The van der Waals surface area contributed by atoms with Crippen molar-refractivity contribution in [1.29, 1.82) is 0 Å². The highest BCUT2D eigenvalue weighted by atomic mass is 32.2. The van der Waals surface area contributed by atoms with Crippen molar-refractivity contribution < 1.29 is 32.9 Å². The van der Waals surface area contributed by atoms with Crippen LogP contribution in [0.2, 0.25) is 0 Å². The van der Waals surface area contributed by atoms with Gasteiger partial charge in [0.05, 0.1) is 18.0 Å². The number of amides is 1. The highest BCUT2D eigenvalue weighted by molar-refractivity contribution is 8.17. The summed E-state index contributed by atoms with van der Waals surface area (Å²) in [7, 11) is -4.73. The summed E-state index contributed by atoms with van der Waals surface area (Å²) in [5.74, 6) is 0.307. The number of halogens is 1. The number of hydrogen-bond acceptors (Lipinski definition) is 9. The topological polar surface area (TPSA) is 156 Å². The van der Waals surface area contributed by atoms with Crippen LogP contribution in [0, 0.1) is 12.7 Å². The molecule has 1 aromatic carbocycles. The van der Waals surface area contributed by atoms with E-state index in [1.807, 2.05) is 0 Å². The number of carbonyl (C=O) groups excluding carboxylic acids is 2. The highest BCUT2D eigenvalue weighted by Gasteiger charge is 2.21. The van der Waals surface area contributed by atoms with E-state index in [-0.39, 0.29) is 36.3 Å². The highest BCUT2D eigenvalue weighted by Crippen LogP contribution is 2.38. The molecule has 0 aliphatic rings. The van der Waals surface area contributed by atoms with Gasteiger partial charge >= 0.3 is 7.82 Å². The Bertz CT molecular complexity index is 1360. The van der Waals surface area contributed by atoms with Gasteiger partial charge < -0.3 is 20.4 Å². The van der Waals surface area contributed by atoms with Crippen molar-refractivity contribution >= 4 is 48.3 Å². The van der Waals surface area contributed by atoms with Crippen LogP contribution in [0.4, 0.5) is 10.2 Å². The van der Waals surface area contributed by atoms with Crippen LogP contribution >= 0.6 is 30.9 Å². The van der Waals surface area contributed by atoms with Gasteiger partial charge in [0.15, 0.2) is 0 Å². The molecule has 0 atom stereocenters. The summed E-state index contributed by atoms with van der Waals surface area (Å²) in [4.78, 5) is 54.2. The fourth-order valence-corrected chi connectivity index (χ4v) is 5.42. The van der Waals surface area contributed by atoms with Crippen LogP contribution in [-0.4, -0.2) is 42.8 Å². The first-order chi connectivity index (χ1) is 17.5. The molecule has 2 heterocycles. The molecule has 37 heavy (non-hydrogen) atoms. The van der Waals surface area contributed by atoms with Gasteiger partial charge in [-0.1, -0.05) is 12.1 Å². The molecule has 3 aromatic rings. The Labute approximate surface area is 220 Å². The maximum Gasteiger partial charge on any atom is 0.469 e. The number of phosphoric ester groups is 1. The zero-order chi connectivity index (χ0) is 27.2. The standard InChI is InChI=1S/C23H24FN4O6PS2/c1-14(28(13-29)12-17-11-26-15(2)27-22(17)25)19(9-10-34-35(31,32)33)37-23(30)21-8-7-20(36-21)16-3-5-18(24)6-4-16/h3-8,11,13H,9-10,12H2,1-2H3,(H2,25,26,27)(H2,31,32,33)/b19-14-. The maximum atomic E-state index is 13.2. The average molecular weight is 567 g/mol. The van der Waals surface area contributed by atoms with Crippen LogP contribution in [0.3, 0.4) is 0 Å². The van der Waals surface area contributed by atoms with Crippen molar-refractivity contribution in [3.05, 3.63) is 75.3 Å². The minimum absolute atomic E-state index is 0.0206. The number of allylic oxidation sites excluding steroid dienone is 1. The Morgan fingerprint density at radius 1 is 1.27 bits per heavy atom. The summed E-state index contributed by atoms with van der Waals surface area (Å²) in [6.45, 7) is 2.92. The van der Waals surface area contributed by atoms with Crippen LogP contribution in [0.15, 0.2) is 53.2 Å². The fraction of sp³-hybridized carbons (Fsp3) is 0.217. The van der Waals surface area contributed by atoms with Crippen molar-refractivity contribution in [2.75, 3.05) is 12.3 Å². The van der Waals surface area contributed by atoms with E-state index in [0.717, 1.165) is 22.2 Å². The molecule has 196 valence electrons. The molecule has 0 saturated carbocycles. The number of hydrogen-bond donors (Lipinski definition) is 3. The molecular weight excluding hydrogens is 542 g/mol. The smallest absolute Gasteiger partial charge is 0.383 e. The minimum atomic E-state index is -4.73. The molecule has 0 aliphatic heterocycles. The number of thioether (sulfide) groups is 1. The first kappa shape index (κ1) is 28.6.